The molecule has 0 fully saturated rings. The molecule has 0 saturated carbocycles. The fraction of sp³-hybridized carbons (Fsp3) is 0.143. The van der Waals surface area contributed by atoms with E-state index in [-0.39, 0.29) is 17.5 Å². The number of nitrogens with one attached hydrogen (secondary N) is 1. The number of para-hydroxylation sites is 1. The number of nitro groups is 1. The van der Waals surface area contributed by atoms with Crippen molar-refractivity contribution in [3.8, 4) is 0 Å². The second kappa shape index (κ2) is 5.48. The molecule has 0 aromatic heterocycles. The molecule has 0 amide bonds. The number of halogens is 1. The van der Waals surface area contributed by atoms with Crippen LogP contribution in [0, 0.1) is 15.9 Å². The highest BCUT2D eigenvalue weighted by atomic mass is 19.1. The highest BCUT2D eigenvalue weighted by Crippen LogP contribution is 2.24. The van der Waals surface area contributed by atoms with Gasteiger partial charge in [0.25, 0.3) is 5.69 Å². The van der Waals surface area contributed by atoms with Crippen molar-refractivity contribution in [2.75, 3.05) is 5.32 Å². The quantitative estimate of drug-likeness (QED) is 0.669. The van der Waals surface area contributed by atoms with Crippen molar-refractivity contribution in [2.45, 2.75) is 13.0 Å². The van der Waals surface area contributed by atoms with E-state index in [4.69, 9.17) is 0 Å². The lowest BCUT2D eigenvalue weighted by Gasteiger charge is -2.16. The van der Waals surface area contributed by atoms with E-state index < -0.39 is 4.92 Å². The normalized spacial score (nSPS) is 11.9. The van der Waals surface area contributed by atoms with E-state index >= 15 is 0 Å². The fourth-order valence-electron chi connectivity index (χ4n) is 1.80. The lowest BCUT2D eigenvalue weighted by molar-refractivity contribution is -0.384. The summed E-state index contributed by atoms with van der Waals surface area (Å²) in [5.41, 5.74) is 1.14. The Morgan fingerprint density at radius 2 is 1.95 bits per heavy atom. The first-order chi connectivity index (χ1) is 9.08. The first-order valence-corrected chi connectivity index (χ1v) is 5.83. The third-order valence-electron chi connectivity index (χ3n) is 2.83. The van der Waals surface area contributed by atoms with Gasteiger partial charge in [0.05, 0.1) is 10.6 Å². The molecule has 5 heteroatoms. The first kappa shape index (κ1) is 13.0. The molecule has 2 rings (SSSR count). The van der Waals surface area contributed by atoms with Gasteiger partial charge in [-0.25, -0.2) is 4.39 Å². The molecule has 1 unspecified atom stereocenters. The molecule has 0 radical (unpaired) electrons. The number of rotatable bonds is 4. The van der Waals surface area contributed by atoms with Crippen LogP contribution in [0.2, 0.25) is 0 Å². The minimum absolute atomic E-state index is 0.0275. The molecule has 4 nitrogen and oxygen atoms in total. The summed E-state index contributed by atoms with van der Waals surface area (Å²) in [6.07, 6.45) is 0. The van der Waals surface area contributed by atoms with E-state index in [2.05, 4.69) is 5.32 Å². The van der Waals surface area contributed by atoms with Gasteiger partial charge in [-0.15, -0.1) is 0 Å². The molecule has 0 heterocycles. The van der Waals surface area contributed by atoms with E-state index in [1.165, 1.54) is 18.2 Å². The second-order valence-electron chi connectivity index (χ2n) is 4.20. The Bertz CT molecular complexity index is 602. The Labute approximate surface area is 110 Å². The van der Waals surface area contributed by atoms with Crippen LogP contribution in [0.3, 0.4) is 0 Å². The van der Waals surface area contributed by atoms with Gasteiger partial charge in [0.1, 0.15) is 5.82 Å². The Kier molecular flexibility index (Phi) is 3.75. The summed E-state index contributed by atoms with van der Waals surface area (Å²) in [4.78, 5) is 10.3. The van der Waals surface area contributed by atoms with Gasteiger partial charge in [-0.3, -0.25) is 10.1 Å². The first-order valence-electron chi connectivity index (χ1n) is 5.83. The molecule has 1 N–H and O–H groups in total. The van der Waals surface area contributed by atoms with Crippen molar-refractivity contribution in [3.05, 3.63) is 70.0 Å². The van der Waals surface area contributed by atoms with Crippen LogP contribution in [0.5, 0.6) is 0 Å². The van der Waals surface area contributed by atoms with Gasteiger partial charge in [-0.2, -0.15) is 0 Å². The zero-order valence-electron chi connectivity index (χ0n) is 10.3. The predicted molar refractivity (Wildman–Crippen MR) is 71.5 cm³/mol. The maximum absolute atomic E-state index is 13.5. The molecule has 19 heavy (non-hydrogen) atoms. The number of benzene rings is 2. The third kappa shape index (κ3) is 3.07. The van der Waals surface area contributed by atoms with Crippen LogP contribution in [0.1, 0.15) is 18.5 Å². The topological polar surface area (TPSA) is 55.2 Å². The smallest absolute Gasteiger partial charge is 0.269 e. The van der Waals surface area contributed by atoms with Gasteiger partial charge >= 0.3 is 0 Å². The number of nitrogens with zero attached hydrogens (tertiary/aromatic N) is 1. The third-order valence-corrected chi connectivity index (χ3v) is 2.83. The van der Waals surface area contributed by atoms with Crippen LogP contribution < -0.4 is 5.32 Å². The fourth-order valence-corrected chi connectivity index (χ4v) is 1.80. The predicted octanol–water partition coefficient (Wildman–Crippen LogP) is 3.91. The molecule has 2 aromatic rings. The number of hydrogen-bond acceptors (Lipinski definition) is 3. The van der Waals surface area contributed by atoms with E-state index in [1.54, 1.807) is 30.3 Å². The highest BCUT2D eigenvalue weighted by Gasteiger charge is 2.12. The molecule has 0 aliphatic rings. The average molecular weight is 260 g/mol. The Hall–Kier alpha value is -2.43. The molecular formula is C14H13FN2O2. The average Bonchev–Trinajstić information content (AvgIpc) is 2.41. The lowest BCUT2D eigenvalue weighted by Crippen LogP contribution is -2.08. The highest BCUT2D eigenvalue weighted by molar-refractivity contribution is 5.47. The van der Waals surface area contributed by atoms with Crippen molar-refractivity contribution in [1.29, 1.82) is 0 Å². The molecule has 0 aliphatic carbocycles. The van der Waals surface area contributed by atoms with Crippen LogP contribution in [-0.4, -0.2) is 4.92 Å². The lowest BCUT2D eigenvalue weighted by atomic mass is 10.1. The Morgan fingerprint density at radius 3 is 2.63 bits per heavy atom. The second-order valence-corrected chi connectivity index (χ2v) is 4.20. The number of anilines is 1. The van der Waals surface area contributed by atoms with Gasteiger partial charge < -0.3 is 5.32 Å². The van der Waals surface area contributed by atoms with Crippen molar-refractivity contribution in [2.24, 2.45) is 0 Å². The zero-order valence-corrected chi connectivity index (χ0v) is 10.3. The number of hydrogen-bond donors (Lipinski definition) is 1. The van der Waals surface area contributed by atoms with Gasteiger partial charge in [0, 0.05) is 18.2 Å². The minimum atomic E-state index is -0.445. The summed E-state index contributed by atoms with van der Waals surface area (Å²) < 4.78 is 13.5. The standard InChI is InChI=1S/C14H13FN2O2/c1-10(16-14-8-3-2-7-13(14)15)11-5-4-6-12(9-11)17(18)19/h2-10,16H,1H3. The van der Waals surface area contributed by atoms with Gasteiger partial charge in [0.2, 0.25) is 0 Å². The SMILES string of the molecule is CC(Nc1ccccc1F)c1cccc([N+](=O)[O-])c1. The van der Waals surface area contributed by atoms with Crippen molar-refractivity contribution >= 4 is 11.4 Å². The Morgan fingerprint density at radius 1 is 1.21 bits per heavy atom. The molecule has 0 aliphatic heterocycles. The molecular weight excluding hydrogens is 247 g/mol. The van der Waals surface area contributed by atoms with Gasteiger partial charge in [0.15, 0.2) is 0 Å². The number of non-ortho nitro benzene ring substituents is 1. The summed E-state index contributed by atoms with van der Waals surface area (Å²) >= 11 is 0. The van der Waals surface area contributed by atoms with Crippen LogP contribution >= 0.6 is 0 Å². The van der Waals surface area contributed by atoms with Crippen LogP contribution in [-0.2, 0) is 0 Å². The van der Waals surface area contributed by atoms with Gasteiger partial charge in [-0.1, -0.05) is 24.3 Å². The monoisotopic (exact) mass is 260 g/mol. The van der Waals surface area contributed by atoms with E-state index in [1.807, 2.05) is 6.92 Å². The van der Waals surface area contributed by atoms with Crippen LogP contribution in [0.4, 0.5) is 15.8 Å². The summed E-state index contributed by atoms with van der Waals surface area (Å²) in [6, 6.07) is 12.4. The van der Waals surface area contributed by atoms with Crippen molar-refractivity contribution in [1.82, 2.24) is 0 Å². The van der Waals surface area contributed by atoms with Crippen LogP contribution in [0.25, 0.3) is 0 Å². The molecule has 98 valence electrons. The molecule has 2 aromatic carbocycles. The Balaban J connectivity index is 2.20. The summed E-state index contributed by atoms with van der Waals surface area (Å²) in [7, 11) is 0. The zero-order chi connectivity index (χ0) is 13.8. The summed E-state index contributed by atoms with van der Waals surface area (Å²) in [5, 5.41) is 13.7. The largest absolute Gasteiger partial charge is 0.376 e. The van der Waals surface area contributed by atoms with Crippen molar-refractivity contribution in [3.63, 3.8) is 0 Å². The maximum atomic E-state index is 13.5. The van der Waals surface area contributed by atoms with E-state index in [0.717, 1.165) is 5.56 Å². The van der Waals surface area contributed by atoms with E-state index in [9.17, 15) is 14.5 Å². The summed E-state index contributed by atoms with van der Waals surface area (Å²) in [5.74, 6) is -0.347. The summed E-state index contributed by atoms with van der Waals surface area (Å²) in [6.45, 7) is 1.82. The maximum Gasteiger partial charge on any atom is 0.269 e. The van der Waals surface area contributed by atoms with Crippen molar-refractivity contribution < 1.29 is 9.31 Å². The minimum Gasteiger partial charge on any atom is -0.376 e. The van der Waals surface area contributed by atoms with Gasteiger partial charge in [-0.05, 0) is 24.6 Å². The molecule has 0 saturated heterocycles. The molecule has 0 bridgehead atoms. The van der Waals surface area contributed by atoms with E-state index in [0.29, 0.717) is 5.69 Å². The number of nitro benzene ring substituents is 1. The van der Waals surface area contributed by atoms with Crippen LogP contribution in [0.15, 0.2) is 48.5 Å². The molecule has 1 atom stereocenters. The molecule has 0 spiro atoms.